The van der Waals surface area contributed by atoms with Gasteiger partial charge < -0.3 is 15.2 Å². The molecule has 0 saturated carbocycles. The fourth-order valence-corrected chi connectivity index (χ4v) is 4.67. The summed E-state index contributed by atoms with van der Waals surface area (Å²) in [5.74, 6) is -1.10. The Hall–Kier alpha value is -3.70. The van der Waals surface area contributed by atoms with Crippen molar-refractivity contribution in [1.82, 2.24) is 5.32 Å². The van der Waals surface area contributed by atoms with E-state index >= 15 is 0 Å². The largest absolute Gasteiger partial charge is 0.489 e. The van der Waals surface area contributed by atoms with E-state index in [1.807, 2.05) is 36.4 Å². The molecule has 5 heteroatoms. The van der Waals surface area contributed by atoms with Gasteiger partial charge in [-0.1, -0.05) is 66.7 Å². The second kappa shape index (κ2) is 9.04. The Morgan fingerprint density at radius 3 is 2.61 bits per heavy atom. The Bertz CT molecular complexity index is 1310. The number of hydrogen-bond donors (Lipinski definition) is 2. The molecule has 1 heterocycles. The van der Waals surface area contributed by atoms with Gasteiger partial charge >= 0.3 is 5.97 Å². The van der Waals surface area contributed by atoms with Crippen LogP contribution in [0.5, 0.6) is 5.75 Å². The molecule has 0 aromatic heterocycles. The SMILES string of the molecule is O=C(O)c1ccc(C2C[C@H](CNCc3cccc4ccccc34)Oc3ccccc32)c(F)c1. The molecule has 1 aliphatic heterocycles. The maximum atomic E-state index is 14.9. The number of carbonyl (C=O) groups is 1. The summed E-state index contributed by atoms with van der Waals surface area (Å²) in [5, 5.41) is 15.1. The standard InChI is InChI=1S/C28H24FNO3/c29-26-14-19(28(31)32)12-13-23(26)25-15-21(33-27-11-4-3-10-24(25)27)17-30-16-20-8-5-7-18-6-1-2-9-22(18)20/h1-14,21,25,30H,15-17H2,(H,31,32)/t21-,25?/m1/s1. The van der Waals surface area contributed by atoms with Crippen LogP contribution >= 0.6 is 0 Å². The van der Waals surface area contributed by atoms with Gasteiger partial charge in [0.25, 0.3) is 0 Å². The van der Waals surface area contributed by atoms with Gasteiger partial charge in [0.1, 0.15) is 17.7 Å². The topological polar surface area (TPSA) is 58.6 Å². The number of aromatic carboxylic acids is 1. The fraction of sp³-hybridized carbons (Fsp3) is 0.179. The number of para-hydroxylation sites is 1. The third-order valence-electron chi connectivity index (χ3n) is 6.28. The van der Waals surface area contributed by atoms with Gasteiger partial charge in [-0.25, -0.2) is 9.18 Å². The molecule has 0 bridgehead atoms. The molecule has 1 aliphatic rings. The van der Waals surface area contributed by atoms with E-state index in [0.29, 0.717) is 25.1 Å². The van der Waals surface area contributed by atoms with E-state index in [-0.39, 0.29) is 17.6 Å². The van der Waals surface area contributed by atoms with Crippen molar-refractivity contribution < 1.29 is 19.0 Å². The first kappa shape index (κ1) is 21.2. The minimum atomic E-state index is -1.14. The summed E-state index contributed by atoms with van der Waals surface area (Å²) in [5.41, 5.74) is 2.58. The van der Waals surface area contributed by atoms with E-state index in [9.17, 15) is 14.3 Å². The zero-order valence-electron chi connectivity index (χ0n) is 18.0. The van der Waals surface area contributed by atoms with Crippen molar-refractivity contribution in [2.75, 3.05) is 6.54 Å². The number of benzene rings is 4. The molecule has 4 nitrogen and oxygen atoms in total. The third-order valence-corrected chi connectivity index (χ3v) is 6.28. The molecule has 0 amide bonds. The number of ether oxygens (including phenoxy) is 1. The highest BCUT2D eigenvalue weighted by Crippen LogP contribution is 2.41. The number of carboxylic acids is 1. The molecule has 0 fully saturated rings. The highest BCUT2D eigenvalue weighted by molar-refractivity contribution is 5.87. The highest BCUT2D eigenvalue weighted by Gasteiger charge is 2.31. The van der Waals surface area contributed by atoms with Crippen LogP contribution in [0, 0.1) is 5.82 Å². The van der Waals surface area contributed by atoms with Gasteiger partial charge in [-0.15, -0.1) is 0 Å². The van der Waals surface area contributed by atoms with Gasteiger partial charge in [-0.05, 0) is 46.5 Å². The van der Waals surface area contributed by atoms with Crippen molar-refractivity contribution in [1.29, 1.82) is 0 Å². The summed E-state index contributed by atoms with van der Waals surface area (Å²) in [4.78, 5) is 11.2. The third kappa shape index (κ3) is 4.32. The van der Waals surface area contributed by atoms with Crippen LogP contribution < -0.4 is 10.1 Å². The Morgan fingerprint density at radius 2 is 1.76 bits per heavy atom. The molecule has 0 spiro atoms. The quantitative estimate of drug-likeness (QED) is 0.400. The summed E-state index contributed by atoms with van der Waals surface area (Å²) < 4.78 is 21.1. The molecule has 1 unspecified atom stereocenters. The van der Waals surface area contributed by atoms with Crippen LogP contribution in [0.15, 0.2) is 84.9 Å². The molecule has 2 N–H and O–H groups in total. The minimum Gasteiger partial charge on any atom is -0.489 e. The molecular formula is C28H24FNO3. The summed E-state index contributed by atoms with van der Waals surface area (Å²) in [7, 11) is 0. The molecule has 4 aromatic rings. The van der Waals surface area contributed by atoms with E-state index in [1.165, 1.54) is 22.4 Å². The number of halogens is 1. The Kier molecular flexibility index (Phi) is 5.80. The van der Waals surface area contributed by atoms with Crippen molar-refractivity contribution in [2.45, 2.75) is 25.0 Å². The smallest absolute Gasteiger partial charge is 0.335 e. The van der Waals surface area contributed by atoms with Gasteiger partial charge in [0.15, 0.2) is 0 Å². The average Bonchev–Trinajstić information content (AvgIpc) is 2.83. The van der Waals surface area contributed by atoms with Crippen LogP contribution in [0.25, 0.3) is 10.8 Å². The zero-order valence-corrected chi connectivity index (χ0v) is 18.0. The van der Waals surface area contributed by atoms with Crippen molar-refractivity contribution in [2.24, 2.45) is 0 Å². The second-order valence-electron chi connectivity index (χ2n) is 8.38. The monoisotopic (exact) mass is 441 g/mol. The second-order valence-corrected chi connectivity index (χ2v) is 8.38. The molecule has 33 heavy (non-hydrogen) atoms. The van der Waals surface area contributed by atoms with Crippen LogP contribution in [-0.2, 0) is 6.54 Å². The lowest BCUT2D eigenvalue weighted by atomic mass is 9.83. The van der Waals surface area contributed by atoms with Crippen molar-refractivity contribution >= 4 is 16.7 Å². The summed E-state index contributed by atoms with van der Waals surface area (Å²) in [6.07, 6.45) is 0.460. The number of rotatable bonds is 6. The lowest BCUT2D eigenvalue weighted by Crippen LogP contribution is -2.35. The van der Waals surface area contributed by atoms with Crippen molar-refractivity contribution in [3.8, 4) is 5.75 Å². The molecule has 0 saturated heterocycles. The van der Waals surface area contributed by atoms with Crippen molar-refractivity contribution in [3.63, 3.8) is 0 Å². The van der Waals surface area contributed by atoms with E-state index in [0.717, 1.165) is 17.4 Å². The molecule has 4 aromatic carbocycles. The highest BCUT2D eigenvalue weighted by atomic mass is 19.1. The van der Waals surface area contributed by atoms with Gasteiger partial charge in [-0.2, -0.15) is 0 Å². The Morgan fingerprint density at radius 1 is 0.970 bits per heavy atom. The maximum absolute atomic E-state index is 14.9. The predicted molar refractivity (Wildman–Crippen MR) is 126 cm³/mol. The predicted octanol–water partition coefficient (Wildman–Crippen LogP) is 5.75. The first-order valence-electron chi connectivity index (χ1n) is 11.1. The number of carboxylic acid groups (broad SMARTS) is 1. The lowest BCUT2D eigenvalue weighted by molar-refractivity contribution is 0.0696. The van der Waals surface area contributed by atoms with Gasteiger partial charge in [0, 0.05) is 24.6 Å². The molecule has 0 radical (unpaired) electrons. The maximum Gasteiger partial charge on any atom is 0.335 e. The summed E-state index contributed by atoms with van der Waals surface area (Å²) >= 11 is 0. The van der Waals surface area contributed by atoms with E-state index < -0.39 is 11.8 Å². The number of fused-ring (bicyclic) bond motifs is 2. The average molecular weight is 442 g/mol. The van der Waals surface area contributed by atoms with Crippen LogP contribution in [0.2, 0.25) is 0 Å². The van der Waals surface area contributed by atoms with Gasteiger partial charge in [0.2, 0.25) is 0 Å². The molecule has 166 valence electrons. The first-order valence-corrected chi connectivity index (χ1v) is 11.1. The Labute approximate surface area is 191 Å². The molecular weight excluding hydrogens is 417 g/mol. The lowest BCUT2D eigenvalue weighted by Gasteiger charge is -2.33. The van der Waals surface area contributed by atoms with Gasteiger partial charge in [-0.3, -0.25) is 0 Å². The van der Waals surface area contributed by atoms with E-state index in [2.05, 4.69) is 35.6 Å². The number of nitrogens with one attached hydrogen (secondary N) is 1. The van der Waals surface area contributed by atoms with E-state index in [1.54, 1.807) is 6.07 Å². The van der Waals surface area contributed by atoms with Crippen molar-refractivity contribution in [3.05, 3.63) is 113 Å². The molecule has 2 atom stereocenters. The summed E-state index contributed by atoms with van der Waals surface area (Å²) in [6.45, 7) is 1.32. The minimum absolute atomic E-state index is 0.0510. The molecule has 0 aliphatic carbocycles. The van der Waals surface area contributed by atoms with Crippen LogP contribution in [0.3, 0.4) is 0 Å². The first-order chi connectivity index (χ1) is 16.1. The van der Waals surface area contributed by atoms with Crippen LogP contribution in [-0.4, -0.2) is 23.7 Å². The van der Waals surface area contributed by atoms with E-state index in [4.69, 9.17) is 4.74 Å². The fourth-order valence-electron chi connectivity index (χ4n) is 4.67. The van der Waals surface area contributed by atoms with Crippen LogP contribution in [0.1, 0.15) is 39.4 Å². The van der Waals surface area contributed by atoms with Gasteiger partial charge in [0.05, 0.1) is 5.56 Å². The van der Waals surface area contributed by atoms with Crippen LogP contribution in [0.4, 0.5) is 4.39 Å². The summed E-state index contributed by atoms with van der Waals surface area (Å²) in [6, 6.07) is 26.4. The zero-order chi connectivity index (χ0) is 22.8. The normalized spacial score (nSPS) is 17.4. The molecule has 5 rings (SSSR count). The Balaban J connectivity index is 1.35. The number of hydrogen-bond acceptors (Lipinski definition) is 3.